The van der Waals surface area contributed by atoms with Crippen molar-refractivity contribution in [2.75, 3.05) is 6.61 Å². The number of nitrogens with zero attached hydrogens (tertiary/aromatic N) is 2. The van der Waals surface area contributed by atoms with Gasteiger partial charge in [0.25, 0.3) is 0 Å². The predicted molar refractivity (Wildman–Crippen MR) is 91.4 cm³/mol. The van der Waals surface area contributed by atoms with Gasteiger partial charge in [0.2, 0.25) is 0 Å². The summed E-state index contributed by atoms with van der Waals surface area (Å²) in [4.78, 5) is 22.2. The van der Waals surface area contributed by atoms with E-state index in [9.17, 15) is 0 Å². The third kappa shape index (κ3) is 7.98. The fourth-order valence-electron chi connectivity index (χ4n) is 1.59. The average molecular weight is 420 g/mol. The average Bonchev–Trinajstić information content (AvgIpc) is 3.02. The predicted octanol–water partition coefficient (Wildman–Crippen LogP) is 3.31. The first-order chi connectivity index (χ1) is 11.4. The summed E-state index contributed by atoms with van der Waals surface area (Å²) in [6.07, 6.45) is 7.63. The molecule has 9 heteroatoms. The van der Waals surface area contributed by atoms with Crippen molar-refractivity contribution in [1.29, 1.82) is 0 Å². The molecular formula is C15H16BrClN2O5. The van der Waals surface area contributed by atoms with Gasteiger partial charge in [0.05, 0.1) is 18.0 Å². The number of aromatic nitrogens is 2. The van der Waals surface area contributed by atoms with Crippen LogP contribution in [0, 0.1) is 0 Å². The van der Waals surface area contributed by atoms with E-state index in [-0.39, 0.29) is 0 Å². The fraction of sp³-hybridized carbons (Fsp3) is 0.267. The number of aliphatic carboxylic acids is 2. The summed E-state index contributed by atoms with van der Waals surface area (Å²) in [5, 5.41) is 15.4. The minimum atomic E-state index is -1.82. The number of hydrogen-bond donors (Lipinski definition) is 2. The zero-order valence-electron chi connectivity index (χ0n) is 12.6. The molecule has 0 radical (unpaired) electrons. The first-order valence-corrected chi connectivity index (χ1v) is 8.07. The molecule has 0 aliphatic carbocycles. The molecule has 0 fully saturated rings. The third-order valence-corrected chi connectivity index (χ3v) is 3.49. The Hall–Kier alpha value is -2.06. The Morgan fingerprint density at radius 3 is 2.50 bits per heavy atom. The van der Waals surface area contributed by atoms with Gasteiger partial charge in [-0.3, -0.25) is 0 Å². The molecule has 0 bridgehead atoms. The molecule has 0 amide bonds. The molecule has 0 spiro atoms. The van der Waals surface area contributed by atoms with E-state index in [1.165, 1.54) is 0 Å². The maximum Gasteiger partial charge on any atom is 0.414 e. The topological polar surface area (TPSA) is 102 Å². The molecule has 0 aliphatic heterocycles. The summed E-state index contributed by atoms with van der Waals surface area (Å²) in [6.45, 7) is 1.65. The smallest absolute Gasteiger partial charge is 0.414 e. The Labute approximate surface area is 152 Å². The van der Waals surface area contributed by atoms with Crippen molar-refractivity contribution in [3.8, 4) is 5.75 Å². The highest BCUT2D eigenvalue weighted by atomic mass is 79.9. The van der Waals surface area contributed by atoms with E-state index in [0.717, 1.165) is 29.6 Å². The zero-order valence-corrected chi connectivity index (χ0v) is 14.9. The van der Waals surface area contributed by atoms with Gasteiger partial charge in [-0.15, -0.1) is 0 Å². The highest BCUT2D eigenvalue weighted by Gasteiger charge is 2.04. The van der Waals surface area contributed by atoms with Gasteiger partial charge in [-0.1, -0.05) is 27.5 Å². The molecule has 0 saturated heterocycles. The summed E-state index contributed by atoms with van der Waals surface area (Å²) in [5.41, 5.74) is 0. The van der Waals surface area contributed by atoms with Crippen molar-refractivity contribution in [3.05, 3.63) is 46.4 Å². The minimum absolute atomic E-state index is 0.638. The second-order valence-corrected chi connectivity index (χ2v) is 5.86. The second-order valence-electron chi connectivity index (χ2n) is 4.54. The monoisotopic (exact) mass is 418 g/mol. The number of carboxylic acids is 2. The molecule has 2 aromatic rings. The van der Waals surface area contributed by atoms with Gasteiger partial charge in [0.15, 0.2) is 0 Å². The van der Waals surface area contributed by atoms with Crippen LogP contribution in [0.1, 0.15) is 12.8 Å². The molecule has 1 heterocycles. The van der Waals surface area contributed by atoms with E-state index in [2.05, 4.69) is 25.5 Å². The molecule has 7 nitrogen and oxygen atoms in total. The molecule has 24 heavy (non-hydrogen) atoms. The van der Waals surface area contributed by atoms with Gasteiger partial charge < -0.3 is 19.5 Å². The normalized spacial score (nSPS) is 9.75. The highest BCUT2D eigenvalue weighted by molar-refractivity contribution is 9.10. The summed E-state index contributed by atoms with van der Waals surface area (Å²) < 4.78 is 8.65. The number of aryl methyl sites for hydroxylation is 1. The second kappa shape index (κ2) is 10.7. The Morgan fingerprint density at radius 2 is 1.96 bits per heavy atom. The van der Waals surface area contributed by atoms with E-state index in [0.29, 0.717) is 11.6 Å². The number of hydrogen-bond acceptors (Lipinski definition) is 4. The van der Waals surface area contributed by atoms with Crippen molar-refractivity contribution >= 4 is 39.5 Å². The van der Waals surface area contributed by atoms with Crippen LogP contribution >= 0.6 is 27.5 Å². The van der Waals surface area contributed by atoms with Gasteiger partial charge in [0, 0.05) is 23.4 Å². The third-order valence-electron chi connectivity index (χ3n) is 2.70. The lowest BCUT2D eigenvalue weighted by atomic mass is 10.3. The molecule has 0 saturated carbocycles. The molecular weight excluding hydrogens is 404 g/mol. The maximum absolute atomic E-state index is 9.10. The summed E-state index contributed by atoms with van der Waals surface area (Å²) in [6, 6.07) is 5.64. The van der Waals surface area contributed by atoms with E-state index in [1.807, 2.05) is 30.7 Å². The lowest BCUT2D eigenvalue weighted by Gasteiger charge is -2.08. The number of imidazole rings is 1. The van der Waals surface area contributed by atoms with Gasteiger partial charge in [-0.2, -0.15) is 0 Å². The number of unbranched alkanes of at least 4 members (excludes halogenated alkanes) is 1. The summed E-state index contributed by atoms with van der Waals surface area (Å²) in [7, 11) is 0. The van der Waals surface area contributed by atoms with E-state index < -0.39 is 11.9 Å². The first-order valence-electron chi connectivity index (χ1n) is 6.90. The van der Waals surface area contributed by atoms with Crippen LogP contribution in [-0.4, -0.2) is 38.3 Å². The van der Waals surface area contributed by atoms with Crippen LogP contribution in [0.2, 0.25) is 5.02 Å². The number of carboxylic acid groups (broad SMARTS) is 2. The van der Waals surface area contributed by atoms with Crippen LogP contribution in [0.3, 0.4) is 0 Å². The van der Waals surface area contributed by atoms with E-state index >= 15 is 0 Å². The summed E-state index contributed by atoms with van der Waals surface area (Å²) in [5.74, 6) is -2.91. The Bertz CT molecular complexity index is 652. The van der Waals surface area contributed by atoms with Crippen LogP contribution < -0.4 is 4.74 Å². The number of carbonyl (C=O) groups is 2. The minimum Gasteiger partial charge on any atom is -0.492 e. The largest absolute Gasteiger partial charge is 0.492 e. The van der Waals surface area contributed by atoms with Crippen LogP contribution in [0.4, 0.5) is 0 Å². The maximum atomic E-state index is 9.10. The van der Waals surface area contributed by atoms with E-state index in [4.69, 9.17) is 36.1 Å². The van der Waals surface area contributed by atoms with Crippen molar-refractivity contribution in [2.24, 2.45) is 0 Å². The SMILES string of the molecule is Clc1cc(Br)ccc1OCCCCn1ccnc1.O=C(O)C(=O)O. The van der Waals surface area contributed by atoms with Gasteiger partial charge in [-0.25, -0.2) is 14.6 Å². The van der Waals surface area contributed by atoms with Crippen molar-refractivity contribution < 1.29 is 24.5 Å². The molecule has 1 aromatic carbocycles. The molecule has 1 aromatic heterocycles. The fourth-order valence-corrected chi connectivity index (χ4v) is 2.32. The number of ether oxygens (including phenoxy) is 1. The Kier molecular flexibility index (Phi) is 8.88. The van der Waals surface area contributed by atoms with Crippen LogP contribution in [0.5, 0.6) is 5.75 Å². The van der Waals surface area contributed by atoms with Gasteiger partial charge in [-0.05, 0) is 31.0 Å². The molecule has 0 aliphatic rings. The lowest BCUT2D eigenvalue weighted by molar-refractivity contribution is -0.159. The number of rotatable bonds is 6. The Morgan fingerprint density at radius 1 is 1.25 bits per heavy atom. The van der Waals surface area contributed by atoms with Gasteiger partial charge in [0.1, 0.15) is 5.75 Å². The molecule has 0 unspecified atom stereocenters. The first kappa shape index (κ1) is 20.0. The zero-order chi connectivity index (χ0) is 17.9. The van der Waals surface area contributed by atoms with Crippen molar-refractivity contribution in [3.63, 3.8) is 0 Å². The molecule has 2 N–H and O–H groups in total. The van der Waals surface area contributed by atoms with Gasteiger partial charge >= 0.3 is 11.9 Å². The standard InChI is InChI=1S/C13H14BrClN2O.C2H2O4/c14-11-3-4-13(12(15)9-11)18-8-2-1-6-17-7-5-16-10-17;3-1(4)2(5)6/h3-5,7,9-10H,1-2,6,8H2;(H,3,4)(H,5,6). The van der Waals surface area contributed by atoms with Crippen molar-refractivity contribution in [2.45, 2.75) is 19.4 Å². The van der Waals surface area contributed by atoms with Crippen LogP contribution in [0.15, 0.2) is 41.4 Å². The number of benzene rings is 1. The molecule has 0 atom stereocenters. The number of halogens is 2. The molecule has 2 rings (SSSR count). The Balaban J connectivity index is 0.000000413. The van der Waals surface area contributed by atoms with E-state index in [1.54, 1.807) is 6.20 Å². The quantitative estimate of drug-likeness (QED) is 0.550. The van der Waals surface area contributed by atoms with Crippen LogP contribution in [-0.2, 0) is 16.1 Å². The van der Waals surface area contributed by atoms with Crippen molar-refractivity contribution in [1.82, 2.24) is 9.55 Å². The highest BCUT2D eigenvalue weighted by Crippen LogP contribution is 2.27. The van der Waals surface area contributed by atoms with Crippen LogP contribution in [0.25, 0.3) is 0 Å². The summed E-state index contributed by atoms with van der Waals surface area (Å²) >= 11 is 9.42. The molecule has 130 valence electrons. The lowest BCUT2D eigenvalue weighted by Crippen LogP contribution is -2.09.